The Morgan fingerprint density at radius 1 is 1.38 bits per heavy atom. The zero-order valence-corrected chi connectivity index (χ0v) is 11.8. The summed E-state index contributed by atoms with van der Waals surface area (Å²) >= 11 is 0. The van der Waals surface area contributed by atoms with E-state index in [0.29, 0.717) is 17.5 Å². The summed E-state index contributed by atoms with van der Waals surface area (Å²) in [5.74, 6) is 1.73. The highest BCUT2D eigenvalue weighted by Crippen LogP contribution is 2.29. The Kier molecular flexibility index (Phi) is 3.75. The maximum Gasteiger partial charge on any atom is 0.235 e. The number of nitriles is 1. The molecule has 3 rings (SSSR count). The summed E-state index contributed by atoms with van der Waals surface area (Å²) in [6.45, 7) is 3.36. The molecule has 6 nitrogen and oxygen atoms in total. The molecule has 2 aromatic rings. The van der Waals surface area contributed by atoms with E-state index < -0.39 is 0 Å². The number of aromatic nitrogens is 1. The fraction of sp³-hybridized carbons (Fsp3) is 0.333. The third kappa shape index (κ3) is 2.69. The fourth-order valence-electron chi connectivity index (χ4n) is 2.35. The second kappa shape index (κ2) is 5.85. The van der Waals surface area contributed by atoms with Gasteiger partial charge in [-0.1, -0.05) is 6.07 Å². The summed E-state index contributed by atoms with van der Waals surface area (Å²) in [7, 11) is 1.61. The van der Waals surface area contributed by atoms with E-state index in [9.17, 15) is 5.26 Å². The highest BCUT2D eigenvalue weighted by molar-refractivity contribution is 5.61. The van der Waals surface area contributed by atoms with E-state index in [-0.39, 0.29) is 0 Å². The third-order valence-electron chi connectivity index (χ3n) is 3.44. The van der Waals surface area contributed by atoms with Gasteiger partial charge < -0.3 is 19.4 Å². The second-order valence-electron chi connectivity index (χ2n) is 4.75. The van der Waals surface area contributed by atoms with Crippen molar-refractivity contribution in [2.24, 2.45) is 0 Å². The average Bonchev–Trinajstić information content (AvgIpc) is 3.00. The van der Waals surface area contributed by atoms with E-state index in [1.807, 2.05) is 29.2 Å². The van der Waals surface area contributed by atoms with Crippen molar-refractivity contribution in [2.45, 2.75) is 0 Å². The highest BCUT2D eigenvalue weighted by atomic mass is 16.5. The first kappa shape index (κ1) is 13.5. The Hall–Kier alpha value is -2.52. The number of ether oxygens (including phenoxy) is 1. The Morgan fingerprint density at radius 2 is 2.19 bits per heavy atom. The van der Waals surface area contributed by atoms with Crippen molar-refractivity contribution in [3.05, 3.63) is 30.0 Å². The molecule has 0 radical (unpaired) electrons. The number of methoxy groups -OCH3 is 1. The topological polar surface area (TPSA) is 74.3 Å². The van der Waals surface area contributed by atoms with Crippen LogP contribution in [0.3, 0.4) is 0 Å². The number of hydrogen-bond acceptors (Lipinski definition) is 6. The number of benzene rings is 1. The van der Waals surface area contributed by atoms with E-state index in [4.69, 9.17) is 9.15 Å². The smallest absolute Gasteiger partial charge is 0.235 e. The van der Waals surface area contributed by atoms with E-state index in [1.165, 1.54) is 0 Å². The van der Waals surface area contributed by atoms with Crippen molar-refractivity contribution in [3.63, 3.8) is 0 Å². The quantitative estimate of drug-likeness (QED) is 0.923. The van der Waals surface area contributed by atoms with Crippen molar-refractivity contribution in [2.75, 3.05) is 38.2 Å². The van der Waals surface area contributed by atoms with Crippen molar-refractivity contribution in [1.82, 2.24) is 10.3 Å². The lowest BCUT2D eigenvalue weighted by molar-refractivity contribution is 0.414. The third-order valence-corrected chi connectivity index (χ3v) is 3.44. The SMILES string of the molecule is COc1cccc(-c2nc(C#N)c(N3CCNCC3)o2)c1. The van der Waals surface area contributed by atoms with Crippen LogP contribution in [0.2, 0.25) is 0 Å². The molecule has 21 heavy (non-hydrogen) atoms. The zero-order chi connectivity index (χ0) is 14.7. The first-order chi connectivity index (χ1) is 10.3. The van der Waals surface area contributed by atoms with Gasteiger partial charge in [0.15, 0.2) is 0 Å². The van der Waals surface area contributed by atoms with E-state index >= 15 is 0 Å². The molecule has 1 N–H and O–H groups in total. The number of oxazole rings is 1. The summed E-state index contributed by atoms with van der Waals surface area (Å²) in [4.78, 5) is 6.35. The van der Waals surface area contributed by atoms with E-state index in [2.05, 4.69) is 16.4 Å². The van der Waals surface area contributed by atoms with Crippen LogP contribution >= 0.6 is 0 Å². The second-order valence-corrected chi connectivity index (χ2v) is 4.75. The monoisotopic (exact) mass is 284 g/mol. The zero-order valence-electron chi connectivity index (χ0n) is 11.8. The molecule has 0 atom stereocenters. The van der Waals surface area contributed by atoms with Gasteiger partial charge >= 0.3 is 0 Å². The van der Waals surface area contributed by atoms with Crippen LogP contribution in [0.4, 0.5) is 5.88 Å². The van der Waals surface area contributed by atoms with Crippen molar-refractivity contribution in [1.29, 1.82) is 5.26 Å². The van der Waals surface area contributed by atoms with Gasteiger partial charge in [-0.3, -0.25) is 0 Å². The number of piperazine rings is 1. The number of hydrogen-bond donors (Lipinski definition) is 1. The van der Waals surface area contributed by atoms with Crippen LogP contribution in [0.1, 0.15) is 5.69 Å². The van der Waals surface area contributed by atoms with Gasteiger partial charge in [-0.05, 0) is 18.2 Å². The van der Waals surface area contributed by atoms with E-state index in [1.54, 1.807) is 7.11 Å². The average molecular weight is 284 g/mol. The molecular formula is C15H16N4O2. The first-order valence-electron chi connectivity index (χ1n) is 6.83. The maximum atomic E-state index is 9.27. The Balaban J connectivity index is 1.96. The lowest BCUT2D eigenvalue weighted by Gasteiger charge is -2.26. The largest absolute Gasteiger partial charge is 0.497 e. The predicted molar refractivity (Wildman–Crippen MR) is 78.3 cm³/mol. The van der Waals surface area contributed by atoms with Crippen LogP contribution in [0.15, 0.2) is 28.7 Å². The molecule has 1 aliphatic heterocycles. The van der Waals surface area contributed by atoms with Crippen LogP contribution in [0.25, 0.3) is 11.5 Å². The minimum Gasteiger partial charge on any atom is -0.497 e. The molecule has 0 unspecified atom stereocenters. The van der Waals surface area contributed by atoms with Crippen LogP contribution in [0.5, 0.6) is 5.75 Å². The fourth-order valence-corrected chi connectivity index (χ4v) is 2.35. The van der Waals surface area contributed by atoms with Crippen LogP contribution in [-0.4, -0.2) is 38.3 Å². The summed E-state index contributed by atoms with van der Waals surface area (Å²) in [5.41, 5.74) is 1.13. The standard InChI is InChI=1S/C15H16N4O2/c1-20-12-4-2-3-11(9-12)14-18-13(10-16)15(21-14)19-7-5-17-6-8-19/h2-4,9,17H,5-8H2,1H3. The van der Waals surface area contributed by atoms with Crippen LogP contribution < -0.4 is 15.0 Å². The number of anilines is 1. The summed E-state index contributed by atoms with van der Waals surface area (Å²) in [6.07, 6.45) is 0. The Bertz CT molecular complexity index is 669. The Labute approximate surface area is 123 Å². The van der Waals surface area contributed by atoms with Gasteiger partial charge in [0.25, 0.3) is 0 Å². The molecule has 0 amide bonds. The molecule has 1 saturated heterocycles. The number of nitrogens with zero attached hydrogens (tertiary/aromatic N) is 3. The van der Waals surface area contributed by atoms with Gasteiger partial charge in [0, 0.05) is 31.7 Å². The normalized spacial score (nSPS) is 14.8. The predicted octanol–water partition coefficient (Wildman–Crippen LogP) is 1.63. The first-order valence-corrected chi connectivity index (χ1v) is 6.83. The molecule has 0 aliphatic carbocycles. The van der Waals surface area contributed by atoms with Gasteiger partial charge in [-0.25, -0.2) is 0 Å². The molecule has 6 heteroatoms. The lowest BCUT2D eigenvalue weighted by atomic mass is 10.2. The number of rotatable bonds is 3. The van der Waals surface area contributed by atoms with Gasteiger partial charge in [-0.15, -0.1) is 0 Å². The highest BCUT2D eigenvalue weighted by Gasteiger charge is 2.21. The molecule has 108 valence electrons. The van der Waals surface area contributed by atoms with Gasteiger partial charge in [0.2, 0.25) is 17.5 Å². The van der Waals surface area contributed by atoms with Gasteiger partial charge in [0.05, 0.1) is 7.11 Å². The molecule has 2 heterocycles. The minimum atomic E-state index is 0.328. The van der Waals surface area contributed by atoms with Crippen LogP contribution in [-0.2, 0) is 0 Å². The van der Waals surface area contributed by atoms with Crippen molar-refractivity contribution < 1.29 is 9.15 Å². The minimum absolute atomic E-state index is 0.328. The molecule has 1 aliphatic rings. The molecule has 0 bridgehead atoms. The van der Waals surface area contributed by atoms with Crippen molar-refractivity contribution in [3.8, 4) is 23.3 Å². The Morgan fingerprint density at radius 3 is 2.90 bits per heavy atom. The summed E-state index contributed by atoms with van der Waals surface area (Å²) in [5, 5.41) is 12.5. The maximum absolute atomic E-state index is 9.27. The molecular weight excluding hydrogens is 268 g/mol. The molecule has 0 spiro atoms. The van der Waals surface area contributed by atoms with E-state index in [0.717, 1.165) is 37.5 Å². The molecule has 1 fully saturated rings. The molecule has 1 aromatic carbocycles. The summed E-state index contributed by atoms with van der Waals surface area (Å²) in [6, 6.07) is 9.57. The van der Waals surface area contributed by atoms with Gasteiger partial charge in [-0.2, -0.15) is 10.2 Å². The number of nitrogens with one attached hydrogen (secondary N) is 1. The lowest BCUT2D eigenvalue weighted by Crippen LogP contribution is -2.43. The summed E-state index contributed by atoms with van der Waals surface area (Å²) < 4.78 is 11.0. The van der Waals surface area contributed by atoms with Gasteiger partial charge in [0.1, 0.15) is 11.8 Å². The van der Waals surface area contributed by atoms with Crippen molar-refractivity contribution >= 4 is 5.88 Å². The molecule has 1 aromatic heterocycles. The van der Waals surface area contributed by atoms with Crippen LogP contribution in [0, 0.1) is 11.3 Å². The molecule has 0 saturated carbocycles.